The monoisotopic (exact) mass is 215 g/mol. The summed E-state index contributed by atoms with van der Waals surface area (Å²) >= 11 is 0. The molecule has 1 aromatic rings. The normalized spacial score (nSPS) is 12.8. The fourth-order valence-electron chi connectivity index (χ4n) is 1.21. The third-order valence-electron chi connectivity index (χ3n) is 2.06. The first-order valence-corrected chi connectivity index (χ1v) is 4.92. The molecule has 0 saturated heterocycles. The van der Waals surface area contributed by atoms with Crippen LogP contribution in [0, 0.1) is 11.6 Å². The second kappa shape index (κ2) is 5.78. The van der Waals surface area contributed by atoms with Crippen LogP contribution in [0.3, 0.4) is 0 Å². The predicted octanol–water partition coefficient (Wildman–Crippen LogP) is 1.83. The van der Waals surface area contributed by atoms with Gasteiger partial charge in [-0.3, -0.25) is 0 Å². The lowest BCUT2D eigenvalue weighted by atomic mass is 10.2. The molecule has 0 saturated carbocycles. The summed E-state index contributed by atoms with van der Waals surface area (Å²) in [5, 5.41) is 11.9. The van der Waals surface area contributed by atoms with E-state index in [0.29, 0.717) is 18.5 Å². The second-order valence-electron chi connectivity index (χ2n) is 3.55. The fourth-order valence-corrected chi connectivity index (χ4v) is 1.21. The standard InChI is InChI=1S/C11H15F2NO/c1-8(15)4-5-14-7-9-6-10(12)2-3-11(9)13/h2-3,6,8,14-15H,4-5,7H2,1H3/t8-/m0/s1. The van der Waals surface area contributed by atoms with E-state index >= 15 is 0 Å². The minimum absolute atomic E-state index is 0.274. The van der Waals surface area contributed by atoms with Gasteiger partial charge in [0.25, 0.3) is 0 Å². The molecule has 0 heterocycles. The van der Waals surface area contributed by atoms with Crippen LogP contribution in [0.1, 0.15) is 18.9 Å². The number of benzene rings is 1. The van der Waals surface area contributed by atoms with Crippen molar-refractivity contribution in [1.29, 1.82) is 0 Å². The summed E-state index contributed by atoms with van der Waals surface area (Å²) < 4.78 is 25.8. The summed E-state index contributed by atoms with van der Waals surface area (Å²) in [6.07, 6.45) is 0.214. The summed E-state index contributed by atoms with van der Waals surface area (Å²) in [5.74, 6) is -0.857. The predicted molar refractivity (Wildman–Crippen MR) is 54.4 cm³/mol. The van der Waals surface area contributed by atoms with E-state index in [1.165, 1.54) is 6.07 Å². The molecule has 2 nitrogen and oxygen atoms in total. The van der Waals surface area contributed by atoms with Crippen molar-refractivity contribution in [3.05, 3.63) is 35.4 Å². The number of rotatable bonds is 5. The Morgan fingerprint density at radius 1 is 1.40 bits per heavy atom. The lowest BCUT2D eigenvalue weighted by molar-refractivity contribution is 0.183. The molecule has 0 radical (unpaired) electrons. The topological polar surface area (TPSA) is 32.3 Å². The molecular formula is C11H15F2NO. The van der Waals surface area contributed by atoms with Gasteiger partial charge in [0.15, 0.2) is 0 Å². The van der Waals surface area contributed by atoms with E-state index in [0.717, 1.165) is 12.1 Å². The molecule has 0 spiro atoms. The maximum Gasteiger partial charge on any atom is 0.127 e. The zero-order valence-corrected chi connectivity index (χ0v) is 8.63. The van der Waals surface area contributed by atoms with Crippen LogP contribution in [0.5, 0.6) is 0 Å². The molecule has 2 N–H and O–H groups in total. The molecular weight excluding hydrogens is 200 g/mol. The molecule has 84 valence electrons. The molecule has 0 aliphatic carbocycles. The quantitative estimate of drug-likeness (QED) is 0.734. The van der Waals surface area contributed by atoms with Crippen molar-refractivity contribution in [2.24, 2.45) is 0 Å². The Kier molecular flexibility index (Phi) is 4.65. The molecule has 0 fully saturated rings. The highest BCUT2D eigenvalue weighted by molar-refractivity contribution is 5.18. The maximum absolute atomic E-state index is 13.1. The zero-order valence-electron chi connectivity index (χ0n) is 8.63. The number of nitrogens with one attached hydrogen (secondary N) is 1. The van der Waals surface area contributed by atoms with E-state index in [9.17, 15) is 8.78 Å². The van der Waals surface area contributed by atoms with Crippen LogP contribution >= 0.6 is 0 Å². The Hall–Kier alpha value is -1.00. The number of aliphatic hydroxyl groups is 1. The molecule has 1 aromatic carbocycles. The summed E-state index contributed by atoms with van der Waals surface area (Å²) in [6, 6.07) is 3.38. The molecule has 0 bridgehead atoms. The SMILES string of the molecule is C[C@H](O)CCNCc1cc(F)ccc1F. The van der Waals surface area contributed by atoms with Crippen LogP contribution in [-0.2, 0) is 6.54 Å². The van der Waals surface area contributed by atoms with Crippen molar-refractivity contribution in [3.63, 3.8) is 0 Å². The number of hydrogen-bond acceptors (Lipinski definition) is 2. The van der Waals surface area contributed by atoms with Crippen molar-refractivity contribution in [2.45, 2.75) is 26.0 Å². The number of halogens is 2. The molecule has 15 heavy (non-hydrogen) atoms. The van der Waals surface area contributed by atoms with Gasteiger partial charge in [0, 0.05) is 12.1 Å². The first kappa shape index (κ1) is 12.1. The number of hydrogen-bond donors (Lipinski definition) is 2. The smallest absolute Gasteiger partial charge is 0.127 e. The lowest BCUT2D eigenvalue weighted by Crippen LogP contribution is -2.19. The van der Waals surface area contributed by atoms with E-state index < -0.39 is 11.6 Å². The Morgan fingerprint density at radius 3 is 2.80 bits per heavy atom. The van der Waals surface area contributed by atoms with Gasteiger partial charge in [0.05, 0.1) is 6.10 Å². The maximum atomic E-state index is 13.1. The van der Waals surface area contributed by atoms with Gasteiger partial charge in [-0.25, -0.2) is 8.78 Å². The van der Waals surface area contributed by atoms with E-state index in [-0.39, 0.29) is 12.6 Å². The largest absolute Gasteiger partial charge is 0.393 e. The summed E-state index contributed by atoms with van der Waals surface area (Å²) in [4.78, 5) is 0. The zero-order chi connectivity index (χ0) is 11.3. The van der Waals surface area contributed by atoms with Gasteiger partial charge < -0.3 is 10.4 Å². The minimum atomic E-state index is -0.441. The molecule has 4 heteroatoms. The highest BCUT2D eigenvalue weighted by Crippen LogP contribution is 2.09. The number of aliphatic hydroxyl groups excluding tert-OH is 1. The molecule has 0 aliphatic rings. The summed E-state index contributed by atoms with van der Waals surface area (Å²) in [5.41, 5.74) is 0.306. The highest BCUT2D eigenvalue weighted by Gasteiger charge is 2.03. The average Bonchev–Trinajstić information content (AvgIpc) is 2.17. The van der Waals surface area contributed by atoms with Crippen LogP contribution in [0.15, 0.2) is 18.2 Å². The lowest BCUT2D eigenvalue weighted by Gasteiger charge is -2.07. The first-order chi connectivity index (χ1) is 7.09. The first-order valence-electron chi connectivity index (χ1n) is 4.92. The Balaban J connectivity index is 2.40. The second-order valence-corrected chi connectivity index (χ2v) is 3.55. The molecule has 0 amide bonds. The van der Waals surface area contributed by atoms with Gasteiger partial charge >= 0.3 is 0 Å². The van der Waals surface area contributed by atoms with Gasteiger partial charge in [0.2, 0.25) is 0 Å². The van der Waals surface area contributed by atoms with Crippen LogP contribution in [0.25, 0.3) is 0 Å². The van der Waals surface area contributed by atoms with Crippen molar-refractivity contribution in [3.8, 4) is 0 Å². The average molecular weight is 215 g/mol. The fraction of sp³-hybridized carbons (Fsp3) is 0.455. The van der Waals surface area contributed by atoms with Crippen molar-refractivity contribution in [2.75, 3.05) is 6.54 Å². The van der Waals surface area contributed by atoms with Gasteiger partial charge in [0.1, 0.15) is 11.6 Å². The van der Waals surface area contributed by atoms with Crippen LogP contribution in [-0.4, -0.2) is 17.8 Å². The summed E-state index contributed by atoms with van der Waals surface area (Å²) in [7, 11) is 0. The van der Waals surface area contributed by atoms with E-state index in [4.69, 9.17) is 5.11 Å². The molecule has 0 aliphatic heterocycles. The third kappa shape index (κ3) is 4.36. The molecule has 0 unspecified atom stereocenters. The van der Waals surface area contributed by atoms with E-state index in [1.54, 1.807) is 6.92 Å². The van der Waals surface area contributed by atoms with Crippen LogP contribution in [0.2, 0.25) is 0 Å². The molecule has 0 aromatic heterocycles. The molecule has 1 atom stereocenters. The van der Waals surface area contributed by atoms with Crippen molar-refractivity contribution < 1.29 is 13.9 Å². The summed E-state index contributed by atoms with van der Waals surface area (Å²) in [6.45, 7) is 2.54. The van der Waals surface area contributed by atoms with Gasteiger partial charge in [-0.2, -0.15) is 0 Å². The van der Waals surface area contributed by atoms with Crippen molar-refractivity contribution >= 4 is 0 Å². The minimum Gasteiger partial charge on any atom is -0.393 e. The highest BCUT2D eigenvalue weighted by atomic mass is 19.1. The van der Waals surface area contributed by atoms with Crippen molar-refractivity contribution in [1.82, 2.24) is 5.32 Å². The van der Waals surface area contributed by atoms with Crippen LogP contribution in [0.4, 0.5) is 8.78 Å². The third-order valence-corrected chi connectivity index (χ3v) is 2.06. The van der Waals surface area contributed by atoms with E-state index in [2.05, 4.69) is 5.32 Å². The molecule has 1 rings (SSSR count). The Labute approximate surface area is 87.9 Å². The van der Waals surface area contributed by atoms with Gasteiger partial charge in [-0.15, -0.1) is 0 Å². The van der Waals surface area contributed by atoms with Gasteiger partial charge in [-0.05, 0) is 38.1 Å². The van der Waals surface area contributed by atoms with Crippen LogP contribution < -0.4 is 5.32 Å². The Bertz CT molecular complexity index is 315. The Morgan fingerprint density at radius 2 is 2.13 bits per heavy atom. The van der Waals surface area contributed by atoms with Gasteiger partial charge in [-0.1, -0.05) is 0 Å². The van der Waals surface area contributed by atoms with E-state index in [1.807, 2.05) is 0 Å².